The van der Waals surface area contributed by atoms with E-state index in [9.17, 15) is 0 Å². The van der Waals surface area contributed by atoms with Gasteiger partial charge in [0.2, 0.25) is 0 Å². The lowest BCUT2D eigenvalue weighted by Crippen LogP contribution is -2.44. The van der Waals surface area contributed by atoms with E-state index in [-0.39, 0.29) is 0 Å². The zero-order chi connectivity index (χ0) is 14.1. The highest BCUT2D eigenvalue weighted by atomic mass is 32.1. The molecule has 0 saturated carbocycles. The lowest BCUT2D eigenvalue weighted by molar-refractivity contribution is -0.0182. The molecule has 1 atom stereocenters. The van der Waals surface area contributed by atoms with Gasteiger partial charge in [-0.3, -0.25) is 4.40 Å². The highest BCUT2D eigenvalue weighted by Gasteiger charge is 2.17. The average Bonchev–Trinajstić information content (AvgIpc) is 2.87. The van der Waals surface area contributed by atoms with Gasteiger partial charge in [-0.25, -0.2) is 4.98 Å². The molecule has 110 valence electrons. The van der Waals surface area contributed by atoms with E-state index >= 15 is 0 Å². The molecule has 3 heterocycles. The van der Waals surface area contributed by atoms with Crippen molar-refractivity contribution < 1.29 is 4.74 Å². The van der Waals surface area contributed by atoms with Gasteiger partial charge in [-0.1, -0.05) is 0 Å². The number of imidazole rings is 1. The zero-order valence-electron chi connectivity index (χ0n) is 12.3. The molecule has 0 bridgehead atoms. The Bertz CT molecular complexity index is 591. The summed E-state index contributed by atoms with van der Waals surface area (Å²) < 4.78 is 7.97. The monoisotopic (exact) mass is 294 g/mol. The first-order valence-electron chi connectivity index (χ1n) is 7.08. The fraction of sp³-hybridized carbons (Fsp3) is 0.643. The maximum Gasteiger partial charge on any atom is 0.194 e. The summed E-state index contributed by atoms with van der Waals surface area (Å²) in [7, 11) is 2.15. The Labute approximate surface area is 123 Å². The molecule has 6 heteroatoms. The molecule has 3 rings (SSSR count). The van der Waals surface area contributed by atoms with Crippen LogP contribution in [-0.2, 0) is 11.3 Å². The van der Waals surface area contributed by atoms with E-state index < -0.39 is 0 Å². The van der Waals surface area contributed by atoms with Crippen molar-refractivity contribution in [1.82, 2.24) is 19.6 Å². The van der Waals surface area contributed by atoms with Crippen LogP contribution >= 0.6 is 11.3 Å². The second-order valence-corrected chi connectivity index (χ2v) is 6.74. The van der Waals surface area contributed by atoms with Crippen molar-refractivity contribution in [3.8, 4) is 0 Å². The summed E-state index contributed by atoms with van der Waals surface area (Å²) in [6, 6.07) is 0. The summed E-state index contributed by atoms with van der Waals surface area (Å²) >= 11 is 1.74. The van der Waals surface area contributed by atoms with Crippen LogP contribution in [-0.4, -0.2) is 53.7 Å². The molecule has 1 unspecified atom stereocenters. The highest BCUT2D eigenvalue weighted by molar-refractivity contribution is 7.17. The number of rotatable bonds is 4. The summed E-state index contributed by atoms with van der Waals surface area (Å²) in [5.74, 6) is 0. The molecule has 2 aromatic rings. The Balaban J connectivity index is 1.60. The molecule has 0 radical (unpaired) electrons. The Morgan fingerprint density at radius 3 is 3.15 bits per heavy atom. The van der Waals surface area contributed by atoms with E-state index in [1.165, 1.54) is 10.6 Å². The van der Waals surface area contributed by atoms with Gasteiger partial charge in [0.15, 0.2) is 4.96 Å². The topological polar surface area (TPSA) is 41.8 Å². The standard InChI is InChI=1S/C14H22N4OS/c1-10-8-18-13(11(2)16-14(18)20-10)7-15-6-12-9-17(3)4-5-19-12/h8,12,15H,4-7,9H2,1-3H3. The average molecular weight is 294 g/mol. The number of likely N-dealkylation sites (N-methyl/N-ethyl adjacent to an activating group) is 1. The maximum atomic E-state index is 5.77. The Hall–Kier alpha value is -0.950. The number of hydrogen-bond donors (Lipinski definition) is 1. The van der Waals surface area contributed by atoms with Crippen molar-refractivity contribution in [3.63, 3.8) is 0 Å². The van der Waals surface area contributed by atoms with E-state index in [0.29, 0.717) is 6.10 Å². The first kappa shape index (κ1) is 14.0. The van der Waals surface area contributed by atoms with Gasteiger partial charge < -0.3 is 15.0 Å². The predicted octanol–water partition coefficient (Wildman–Crippen LogP) is 1.43. The van der Waals surface area contributed by atoms with Gasteiger partial charge in [-0.05, 0) is 20.9 Å². The molecule has 0 aliphatic carbocycles. The third-order valence-corrected chi connectivity index (χ3v) is 4.65. The lowest BCUT2D eigenvalue weighted by Gasteiger charge is -2.30. The van der Waals surface area contributed by atoms with Crippen LogP contribution in [0.4, 0.5) is 0 Å². The van der Waals surface area contributed by atoms with E-state index in [1.807, 2.05) is 0 Å². The minimum atomic E-state index is 0.293. The molecule has 5 nitrogen and oxygen atoms in total. The molecule has 1 aliphatic heterocycles. The Kier molecular flexibility index (Phi) is 4.07. The molecule has 2 aromatic heterocycles. The molecule has 0 amide bonds. The number of nitrogens with zero attached hydrogens (tertiary/aromatic N) is 3. The molecule has 1 fully saturated rings. The van der Waals surface area contributed by atoms with Crippen LogP contribution in [0.2, 0.25) is 0 Å². The molecule has 1 aliphatic rings. The van der Waals surface area contributed by atoms with Crippen LogP contribution in [0.1, 0.15) is 16.3 Å². The van der Waals surface area contributed by atoms with Crippen LogP contribution < -0.4 is 5.32 Å². The van der Waals surface area contributed by atoms with Crippen molar-refractivity contribution in [2.24, 2.45) is 0 Å². The van der Waals surface area contributed by atoms with Gasteiger partial charge in [-0.15, -0.1) is 11.3 Å². The Morgan fingerprint density at radius 2 is 2.35 bits per heavy atom. The number of morpholine rings is 1. The van der Waals surface area contributed by atoms with Crippen molar-refractivity contribution in [2.75, 3.05) is 33.3 Å². The van der Waals surface area contributed by atoms with Crippen molar-refractivity contribution in [3.05, 3.63) is 22.5 Å². The zero-order valence-corrected chi connectivity index (χ0v) is 13.2. The van der Waals surface area contributed by atoms with E-state index in [1.54, 1.807) is 11.3 Å². The summed E-state index contributed by atoms with van der Waals surface area (Å²) in [5, 5.41) is 3.51. The summed E-state index contributed by atoms with van der Waals surface area (Å²) in [5.41, 5.74) is 2.37. The second-order valence-electron chi connectivity index (χ2n) is 5.52. The molecule has 20 heavy (non-hydrogen) atoms. The van der Waals surface area contributed by atoms with Gasteiger partial charge in [0.25, 0.3) is 0 Å². The lowest BCUT2D eigenvalue weighted by atomic mass is 10.2. The normalized spacial score (nSPS) is 20.9. The van der Waals surface area contributed by atoms with Crippen molar-refractivity contribution in [1.29, 1.82) is 0 Å². The van der Waals surface area contributed by atoms with E-state index in [4.69, 9.17) is 4.74 Å². The minimum absolute atomic E-state index is 0.293. The maximum absolute atomic E-state index is 5.77. The van der Waals surface area contributed by atoms with Gasteiger partial charge in [-0.2, -0.15) is 0 Å². The quantitative estimate of drug-likeness (QED) is 0.926. The van der Waals surface area contributed by atoms with Gasteiger partial charge in [0.1, 0.15) is 0 Å². The first-order valence-corrected chi connectivity index (χ1v) is 7.90. The number of thiazole rings is 1. The fourth-order valence-electron chi connectivity index (χ4n) is 2.66. The number of aromatic nitrogens is 2. The minimum Gasteiger partial charge on any atom is -0.374 e. The number of ether oxygens (including phenoxy) is 1. The molecular formula is C14H22N4OS. The van der Waals surface area contributed by atoms with Gasteiger partial charge in [0, 0.05) is 37.3 Å². The smallest absolute Gasteiger partial charge is 0.194 e. The first-order chi connectivity index (χ1) is 9.63. The number of aryl methyl sites for hydroxylation is 2. The number of nitrogens with one attached hydrogen (secondary N) is 1. The van der Waals surface area contributed by atoms with E-state index in [0.717, 1.165) is 43.4 Å². The summed E-state index contributed by atoms with van der Waals surface area (Å²) in [6.45, 7) is 8.81. The SMILES string of the molecule is Cc1cn2c(CNCC3CN(C)CCO3)c(C)nc2s1. The molecule has 1 N–H and O–H groups in total. The fourth-order valence-corrected chi connectivity index (χ4v) is 3.55. The van der Waals surface area contributed by atoms with Crippen LogP contribution in [0.5, 0.6) is 0 Å². The Morgan fingerprint density at radius 1 is 1.50 bits per heavy atom. The molecule has 0 spiro atoms. The molecular weight excluding hydrogens is 272 g/mol. The van der Waals surface area contributed by atoms with Gasteiger partial charge in [0.05, 0.1) is 24.1 Å². The number of fused-ring (bicyclic) bond motifs is 1. The third-order valence-electron chi connectivity index (χ3n) is 3.75. The third kappa shape index (κ3) is 2.88. The second kappa shape index (κ2) is 5.81. The molecule has 0 aromatic carbocycles. The molecule has 1 saturated heterocycles. The predicted molar refractivity (Wildman–Crippen MR) is 81.5 cm³/mol. The van der Waals surface area contributed by atoms with Gasteiger partial charge >= 0.3 is 0 Å². The van der Waals surface area contributed by atoms with E-state index in [2.05, 4.69) is 46.7 Å². The summed E-state index contributed by atoms with van der Waals surface area (Å²) in [4.78, 5) is 9.32. The van der Waals surface area contributed by atoms with Crippen molar-refractivity contribution >= 4 is 16.3 Å². The number of hydrogen-bond acceptors (Lipinski definition) is 5. The van der Waals surface area contributed by atoms with Crippen LogP contribution in [0.15, 0.2) is 6.20 Å². The highest BCUT2D eigenvalue weighted by Crippen LogP contribution is 2.20. The van der Waals surface area contributed by atoms with Crippen molar-refractivity contribution in [2.45, 2.75) is 26.5 Å². The van der Waals surface area contributed by atoms with Crippen LogP contribution in [0.25, 0.3) is 4.96 Å². The van der Waals surface area contributed by atoms with Crippen LogP contribution in [0.3, 0.4) is 0 Å². The van der Waals surface area contributed by atoms with Crippen LogP contribution in [0, 0.1) is 13.8 Å². The largest absolute Gasteiger partial charge is 0.374 e. The summed E-state index contributed by atoms with van der Waals surface area (Å²) in [6.07, 6.45) is 2.46.